The fourth-order valence-electron chi connectivity index (χ4n) is 4.82. The fourth-order valence-corrected chi connectivity index (χ4v) is 4.82. The van der Waals surface area contributed by atoms with Gasteiger partial charge >= 0.3 is 11.9 Å². The van der Waals surface area contributed by atoms with Gasteiger partial charge in [0.2, 0.25) is 11.8 Å². The van der Waals surface area contributed by atoms with Gasteiger partial charge in [-0.1, -0.05) is 0 Å². The van der Waals surface area contributed by atoms with Gasteiger partial charge in [-0.2, -0.15) is 0 Å². The number of nitrogens with one attached hydrogen (secondary N) is 6. The van der Waals surface area contributed by atoms with Crippen LogP contribution in [0.5, 0.6) is 0 Å². The van der Waals surface area contributed by atoms with Crippen molar-refractivity contribution in [2.45, 2.75) is 49.6 Å². The molecule has 3 rings (SSSR count). The van der Waals surface area contributed by atoms with Gasteiger partial charge < -0.3 is 47.8 Å². The zero-order chi connectivity index (χ0) is 27.9. The third-order valence-electron chi connectivity index (χ3n) is 6.86. The number of nitrogens with two attached hydrogens (primary N) is 1. The summed E-state index contributed by atoms with van der Waals surface area (Å²) in [4.78, 5) is 49.2. The Morgan fingerprint density at radius 1 is 0.711 bits per heavy atom. The van der Waals surface area contributed by atoms with Crippen LogP contribution in [0.1, 0.15) is 38.5 Å². The molecule has 0 radical (unpaired) electrons. The molecule has 218 valence electrons. The highest BCUT2D eigenvalue weighted by Gasteiger charge is 2.35. The molecule has 0 aromatic heterocycles. The average molecular weight is 543 g/mol. The first kappa shape index (κ1) is 31.9. The van der Waals surface area contributed by atoms with Crippen molar-refractivity contribution in [2.24, 2.45) is 5.73 Å². The van der Waals surface area contributed by atoms with Crippen molar-refractivity contribution in [1.29, 1.82) is 0 Å². The average Bonchev–Trinajstić information content (AvgIpc) is 2.85. The molecule has 2 bridgehead atoms. The number of carbonyl (C=O) groups excluding carboxylic acids is 2. The summed E-state index contributed by atoms with van der Waals surface area (Å²) in [7, 11) is 0. The Morgan fingerprint density at radius 3 is 1.68 bits per heavy atom. The maximum absolute atomic E-state index is 12.7. The quantitative estimate of drug-likeness (QED) is 0.127. The van der Waals surface area contributed by atoms with Crippen molar-refractivity contribution >= 4 is 23.8 Å². The minimum atomic E-state index is -0.923. The molecule has 0 aliphatic carbocycles. The zero-order valence-corrected chi connectivity index (χ0v) is 22.3. The van der Waals surface area contributed by atoms with Gasteiger partial charge in [-0.15, -0.1) is 0 Å². The smallest absolute Gasteiger partial charge is 0.303 e. The first-order chi connectivity index (χ1) is 18.2. The van der Waals surface area contributed by atoms with E-state index in [0.717, 1.165) is 0 Å². The molecule has 0 spiro atoms. The predicted molar refractivity (Wildman–Crippen MR) is 142 cm³/mol. The molecule has 0 aromatic rings. The summed E-state index contributed by atoms with van der Waals surface area (Å²) in [5, 5.41) is 37.7. The number of carboxylic acid groups (broad SMARTS) is 2. The molecule has 3 aliphatic heterocycles. The van der Waals surface area contributed by atoms with Crippen molar-refractivity contribution in [3.63, 3.8) is 0 Å². The van der Waals surface area contributed by atoms with E-state index < -0.39 is 23.0 Å². The van der Waals surface area contributed by atoms with E-state index in [1.807, 2.05) is 0 Å². The third kappa shape index (κ3) is 12.0. The normalized spacial score (nSPS) is 27.3. The predicted octanol–water partition coefficient (Wildman–Crippen LogP) is -3.15. The van der Waals surface area contributed by atoms with Crippen LogP contribution in [0.15, 0.2) is 0 Å². The maximum Gasteiger partial charge on any atom is 0.303 e. The Hall–Kier alpha value is -2.36. The number of hydrogen-bond acceptors (Lipinski definition) is 10. The van der Waals surface area contributed by atoms with E-state index in [1.54, 1.807) is 0 Å². The van der Waals surface area contributed by atoms with Crippen LogP contribution >= 0.6 is 0 Å². The SMILES string of the molecule is NC[C@@]1(NC(=O)CCCC(=O)O)CNCCNC[C@]2(NC(=O)CCCC(=O)O)CNCC[N@](CCNC2)C1. The van der Waals surface area contributed by atoms with Crippen LogP contribution in [0.4, 0.5) is 0 Å². The van der Waals surface area contributed by atoms with E-state index in [9.17, 15) is 19.2 Å². The molecule has 3 fully saturated rings. The van der Waals surface area contributed by atoms with Crippen molar-refractivity contribution in [3.8, 4) is 0 Å². The lowest BCUT2D eigenvalue weighted by atomic mass is 9.96. The van der Waals surface area contributed by atoms with E-state index >= 15 is 0 Å². The van der Waals surface area contributed by atoms with Gasteiger partial charge in [0.25, 0.3) is 0 Å². The molecule has 0 saturated carbocycles. The van der Waals surface area contributed by atoms with E-state index in [0.29, 0.717) is 78.4 Å². The summed E-state index contributed by atoms with van der Waals surface area (Å²) in [5.74, 6) is -2.21. The minimum absolute atomic E-state index is 0.0379. The summed E-state index contributed by atoms with van der Waals surface area (Å²) < 4.78 is 0. The molecular weight excluding hydrogens is 496 g/mol. The van der Waals surface area contributed by atoms with Crippen LogP contribution < -0.4 is 37.6 Å². The Morgan fingerprint density at radius 2 is 1.18 bits per heavy atom. The second-order valence-electron chi connectivity index (χ2n) is 10.3. The summed E-state index contributed by atoms with van der Waals surface area (Å²) in [5.41, 5.74) is 4.94. The van der Waals surface area contributed by atoms with E-state index in [-0.39, 0.29) is 50.5 Å². The molecule has 10 N–H and O–H groups in total. The third-order valence-corrected chi connectivity index (χ3v) is 6.86. The summed E-state index contributed by atoms with van der Waals surface area (Å²) in [6, 6.07) is 0. The molecule has 0 aromatic carbocycles. The van der Waals surface area contributed by atoms with Crippen LogP contribution in [0, 0.1) is 0 Å². The van der Waals surface area contributed by atoms with E-state index in [4.69, 9.17) is 15.9 Å². The molecule has 14 heteroatoms. The molecular formula is C24H46N8O6. The van der Waals surface area contributed by atoms with Crippen molar-refractivity contribution in [3.05, 3.63) is 0 Å². The molecule has 3 heterocycles. The summed E-state index contributed by atoms with van der Waals surface area (Å²) >= 11 is 0. The molecule has 3 saturated heterocycles. The molecule has 14 nitrogen and oxygen atoms in total. The van der Waals surface area contributed by atoms with Crippen LogP contribution in [0.2, 0.25) is 0 Å². The van der Waals surface area contributed by atoms with Gasteiger partial charge in [0, 0.05) is 104 Å². The molecule has 3 aliphatic rings. The second-order valence-corrected chi connectivity index (χ2v) is 10.3. The van der Waals surface area contributed by atoms with Crippen LogP contribution in [0.25, 0.3) is 0 Å². The van der Waals surface area contributed by atoms with Crippen LogP contribution in [-0.2, 0) is 19.2 Å². The van der Waals surface area contributed by atoms with Gasteiger partial charge in [-0.25, -0.2) is 0 Å². The monoisotopic (exact) mass is 542 g/mol. The summed E-state index contributed by atoms with van der Waals surface area (Å²) in [6.07, 6.45) is 0.762. The van der Waals surface area contributed by atoms with Crippen molar-refractivity contribution < 1.29 is 29.4 Å². The molecule has 38 heavy (non-hydrogen) atoms. The Bertz CT molecular complexity index is 765. The highest BCUT2D eigenvalue weighted by atomic mass is 16.4. The van der Waals surface area contributed by atoms with Gasteiger partial charge in [0.15, 0.2) is 0 Å². The first-order valence-electron chi connectivity index (χ1n) is 13.5. The van der Waals surface area contributed by atoms with Gasteiger partial charge in [0.1, 0.15) is 0 Å². The van der Waals surface area contributed by atoms with Gasteiger partial charge in [-0.3, -0.25) is 24.1 Å². The number of aliphatic carboxylic acids is 2. The zero-order valence-electron chi connectivity index (χ0n) is 22.3. The number of fused-ring (bicyclic) bond motifs is 13. The number of hydrogen-bond donors (Lipinski definition) is 9. The number of carbonyl (C=O) groups is 4. The lowest BCUT2D eigenvalue weighted by Gasteiger charge is -2.41. The second kappa shape index (κ2) is 16.6. The topological polar surface area (TPSA) is 210 Å². The number of carboxylic acids is 2. The Kier molecular flexibility index (Phi) is 13.9. The highest BCUT2D eigenvalue weighted by Crippen LogP contribution is 2.10. The largest absolute Gasteiger partial charge is 0.481 e. The maximum atomic E-state index is 12.7. The number of nitrogens with zero attached hydrogens (tertiary/aromatic N) is 1. The highest BCUT2D eigenvalue weighted by molar-refractivity contribution is 5.78. The first-order valence-corrected chi connectivity index (χ1v) is 13.5. The van der Waals surface area contributed by atoms with E-state index in [1.165, 1.54) is 0 Å². The lowest BCUT2D eigenvalue weighted by molar-refractivity contribution is -0.138. The van der Waals surface area contributed by atoms with Crippen molar-refractivity contribution in [2.75, 3.05) is 78.5 Å². The minimum Gasteiger partial charge on any atom is -0.481 e. The standard InChI is InChI=1S/C24H46N8O6/c25-13-23(30-19(33)3-1-5-21(35)36)14-26-7-8-27-15-24(31-20(34)4-2-6-22(37)38)16-28-9-11-32(18-23)12-10-29-17-24/h26-29H,1-18,25H2,(H,30,33)(H,31,34)(H,35,36)(H,37,38)/t23-/m1/s1. The van der Waals surface area contributed by atoms with Gasteiger partial charge in [0.05, 0.1) is 11.1 Å². The summed E-state index contributed by atoms with van der Waals surface area (Å²) in [6.45, 7) is 6.76. The fraction of sp³-hybridized carbons (Fsp3) is 0.833. The number of rotatable bonds is 11. The van der Waals surface area contributed by atoms with Crippen LogP contribution in [-0.4, -0.2) is 128 Å². The lowest BCUT2D eigenvalue weighted by Crippen LogP contribution is -2.68. The van der Waals surface area contributed by atoms with Gasteiger partial charge in [-0.05, 0) is 12.8 Å². The molecule has 2 amide bonds. The van der Waals surface area contributed by atoms with Crippen LogP contribution in [0.3, 0.4) is 0 Å². The van der Waals surface area contributed by atoms with Crippen molar-refractivity contribution in [1.82, 2.24) is 36.8 Å². The Balaban J connectivity index is 2.08. The molecule has 0 unspecified atom stereocenters. The van der Waals surface area contributed by atoms with E-state index in [2.05, 4.69) is 36.8 Å². The molecule has 1 atom stereocenters. The Labute approximate surface area is 224 Å². The number of amides is 2.